The van der Waals surface area contributed by atoms with Crippen molar-refractivity contribution in [1.82, 2.24) is 4.90 Å². The molecule has 3 rings (SSSR count). The molecule has 3 heteroatoms. The van der Waals surface area contributed by atoms with E-state index in [1.54, 1.807) is 0 Å². The van der Waals surface area contributed by atoms with Crippen LogP contribution in [0.4, 0.5) is 0 Å². The predicted molar refractivity (Wildman–Crippen MR) is 83.7 cm³/mol. The van der Waals surface area contributed by atoms with Gasteiger partial charge in [0.2, 0.25) is 0 Å². The number of nitrogens with zero attached hydrogens (tertiary/aromatic N) is 1. The van der Waals surface area contributed by atoms with Crippen LogP contribution in [-0.4, -0.2) is 23.1 Å². The van der Waals surface area contributed by atoms with Gasteiger partial charge in [0.15, 0.2) is 0 Å². The molecule has 0 spiro atoms. The number of thiophene rings is 1. The summed E-state index contributed by atoms with van der Waals surface area (Å²) in [5.41, 5.74) is 1.06. The Balaban J connectivity index is 1.53. The maximum absolute atomic E-state index is 10.5. The van der Waals surface area contributed by atoms with Gasteiger partial charge in [-0.3, -0.25) is 4.90 Å². The van der Waals surface area contributed by atoms with Crippen molar-refractivity contribution < 1.29 is 5.11 Å². The van der Waals surface area contributed by atoms with Gasteiger partial charge in [-0.05, 0) is 48.9 Å². The number of aliphatic hydroxyl groups excluding tert-OH is 1. The van der Waals surface area contributed by atoms with Gasteiger partial charge in [-0.15, -0.1) is 11.3 Å². The van der Waals surface area contributed by atoms with Gasteiger partial charge in [0, 0.05) is 11.4 Å². The molecule has 106 valence electrons. The van der Waals surface area contributed by atoms with Crippen LogP contribution in [-0.2, 0) is 6.54 Å². The minimum Gasteiger partial charge on any atom is -0.388 e. The number of hydrogen-bond donors (Lipinski definition) is 1. The van der Waals surface area contributed by atoms with Gasteiger partial charge in [0.1, 0.15) is 0 Å². The second-order valence-electron chi connectivity index (χ2n) is 5.55. The van der Waals surface area contributed by atoms with Crippen molar-refractivity contribution in [3.05, 3.63) is 58.3 Å². The standard InChI is InChI=1S/C17H21NOS/c19-17(14-5-2-1-3-6-14)15-8-10-18(11-9-15)13-16-7-4-12-20-16/h1-7,12,15,17,19H,8-11,13H2. The molecule has 1 atom stereocenters. The summed E-state index contributed by atoms with van der Waals surface area (Å²) in [6.07, 6.45) is 1.86. The van der Waals surface area contributed by atoms with E-state index in [0.29, 0.717) is 5.92 Å². The molecular weight excluding hydrogens is 266 g/mol. The molecule has 1 aromatic carbocycles. The summed E-state index contributed by atoms with van der Waals surface area (Å²) in [5.74, 6) is 0.400. The van der Waals surface area contributed by atoms with Gasteiger partial charge in [-0.2, -0.15) is 0 Å². The van der Waals surface area contributed by atoms with Crippen LogP contribution in [0.2, 0.25) is 0 Å². The van der Waals surface area contributed by atoms with Crippen LogP contribution in [0, 0.1) is 5.92 Å². The van der Waals surface area contributed by atoms with Crippen LogP contribution >= 0.6 is 11.3 Å². The third kappa shape index (κ3) is 3.29. The van der Waals surface area contributed by atoms with Crippen molar-refractivity contribution in [3.63, 3.8) is 0 Å². The first kappa shape index (κ1) is 13.8. The van der Waals surface area contributed by atoms with Crippen LogP contribution in [0.5, 0.6) is 0 Å². The molecule has 1 aromatic heterocycles. The van der Waals surface area contributed by atoms with E-state index in [9.17, 15) is 5.11 Å². The third-order valence-corrected chi connectivity index (χ3v) is 5.04. The van der Waals surface area contributed by atoms with Gasteiger partial charge < -0.3 is 5.11 Å². The zero-order valence-corrected chi connectivity index (χ0v) is 12.4. The molecule has 1 fully saturated rings. The number of likely N-dealkylation sites (tertiary alicyclic amines) is 1. The number of benzene rings is 1. The van der Waals surface area contributed by atoms with E-state index in [1.807, 2.05) is 41.7 Å². The minimum atomic E-state index is -0.305. The lowest BCUT2D eigenvalue weighted by Gasteiger charge is -2.34. The lowest BCUT2D eigenvalue weighted by atomic mass is 9.87. The van der Waals surface area contributed by atoms with Crippen LogP contribution < -0.4 is 0 Å². The molecule has 1 aliphatic heterocycles. The van der Waals surface area contributed by atoms with Crippen molar-refractivity contribution >= 4 is 11.3 Å². The molecule has 0 amide bonds. The lowest BCUT2D eigenvalue weighted by molar-refractivity contribution is 0.0570. The van der Waals surface area contributed by atoms with Gasteiger partial charge in [-0.25, -0.2) is 0 Å². The van der Waals surface area contributed by atoms with E-state index in [1.165, 1.54) is 4.88 Å². The Morgan fingerprint density at radius 2 is 1.85 bits per heavy atom. The molecule has 2 heterocycles. The molecule has 0 aliphatic carbocycles. The Kier molecular flexibility index (Phi) is 4.51. The zero-order valence-electron chi connectivity index (χ0n) is 11.6. The Morgan fingerprint density at radius 1 is 1.10 bits per heavy atom. The molecule has 2 aromatic rings. The maximum Gasteiger partial charge on any atom is 0.0819 e. The Morgan fingerprint density at radius 3 is 2.50 bits per heavy atom. The molecule has 1 N–H and O–H groups in total. The lowest BCUT2D eigenvalue weighted by Crippen LogP contribution is -2.35. The molecule has 0 bridgehead atoms. The first-order valence-electron chi connectivity index (χ1n) is 7.30. The molecule has 1 aliphatic rings. The molecule has 20 heavy (non-hydrogen) atoms. The van der Waals surface area contributed by atoms with Crippen molar-refractivity contribution in [2.45, 2.75) is 25.5 Å². The predicted octanol–water partition coefficient (Wildman–Crippen LogP) is 3.69. The Bertz CT molecular complexity index is 503. The van der Waals surface area contributed by atoms with Crippen molar-refractivity contribution in [2.75, 3.05) is 13.1 Å². The molecule has 0 saturated carbocycles. The smallest absolute Gasteiger partial charge is 0.0819 e. The quantitative estimate of drug-likeness (QED) is 0.927. The van der Waals surface area contributed by atoms with E-state index in [4.69, 9.17) is 0 Å². The van der Waals surface area contributed by atoms with Crippen molar-refractivity contribution in [2.24, 2.45) is 5.92 Å². The fraction of sp³-hybridized carbons (Fsp3) is 0.412. The first-order valence-corrected chi connectivity index (χ1v) is 8.18. The second kappa shape index (κ2) is 6.53. The van der Waals surface area contributed by atoms with Crippen molar-refractivity contribution in [1.29, 1.82) is 0 Å². The van der Waals surface area contributed by atoms with E-state index in [0.717, 1.165) is 38.0 Å². The summed E-state index contributed by atoms with van der Waals surface area (Å²) >= 11 is 1.83. The average molecular weight is 287 g/mol. The maximum atomic E-state index is 10.5. The number of piperidine rings is 1. The van der Waals surface area contributed by atoms with Crippen LogP contribution in [0.25, 0.3) is 0 Å². The number of rotatable bonds is 4. The summed E-state index contributed by atoms with van der Waals surface area (Å²) in [4.78, 5) is 3.94. The summed E-state index contributed by atoms with van der Waals surface area (Å²) in [6.45, 7) is 3.24. The Hall–Kier alpha value is -1.16. The van der Waals surface area contributed by atoms with Gasteiger partial charge >= 0.3 is 0 Å². The fourth-order valence-electron chi connectivity index (χ4n) is 2.97. The Labute approximate surface area is 124 Å². The summed E-state index contributed by atoms with van der Waals surface area (Å²) in [5, 5.41) is 12.6. The van der Waals surface area contributed by atoms with Crippen LogP contribution in [0.15, 0.2) is 47.8 Å². The fourth-order valence-corrected chi connectivity index (χ4v) is 3.72. The minimum absolute atomic E-state index is 0.305. The molecule has 1 saturated heterocycles. The molecule has 0 radical (unpaired) electrons. The van der Waals surface area contributed by atoms with Crippen molar-refractivity contribution in [3.8, 4) is 0 Å². The topological polar surface area (TPSA) is 23.5 Å². The summed E-state index contributed by atoms with van der Waals surface area (Å²) in [6, 6.07) is 14.4. The monoisotopic (exact) mass is 287 g/mol. The van der Waals surface area contributed by atoms with Gasteiger partial charge in [0.05, 0.1) is 6.10 Å². The highest BCUT2D eigenvalue weighted by atomic mass is 32.1. The number of hydrogen-bond acceptors (Lipinski definition) is 3. The van der Waals surface area contributed by atoms with E-state index < -0.39 is 0 Å². The van der Waals surface area contributed by atoms with Crippen LogP contribution in [0.3, 0.4) is 0 Å². The molecule has 2 nitrogen and oxygen atoms in total. The summed E-state index contributed by atoms with van der Waals surface area (Å²) < 4.78 is 0. The average Bonchev–Trinajstić information content (AvgIpc) is 3.01. The van der Waals surface area contributed by atoms with E-state index >= 15 is 0 Å². The van der Waals surface area contributed by atoms with Crippen LogP contribution in [0.1, 0.15) is 29.4 Å². The first-order chi connectivity index (χ1) is 9.83. The van der Waals surface area contributed by atoms with E-state index in [2.05, 4.69) is 22.4 Å². The number of aliphatic hydroxyl groups is 1. The second-order valence-corrected chi connectivity index (χ2v) is 6.58. The largest absolute Gasteiger partial charge is 0.388 e. The van der Waals surface area contributed by atoms with Gasteiger partial charge in [0.25, 0.3) is 0 Å². The molecule has 1 unspecified atom stereocenters. The highest BCUT2D eigenvalue weighted by Gasteiger charge is 2.26. The zero-order chi connectivity index (χ0) is 13.8. The summed E-state index contributed by atoms with van der Waals surface area (Å²) in [7, 11) is 0. The highest BCUT2D eigenvalue weighted by Crippen LogP contribution is 2.31. The normalized spacial score (nSPS) is 19.1. The van der Waals surface area contributed by atoms with Gasteiger partial charge in [-0.1, -0.05) is 36.4 Å². The molecular formula is C17H21NOS. The van der Waals surface area contributed by atoms with E-state index in [-0.39, 0.29) is 6.10 Å². The highest BCUT2D eigenvalue weighted by molar-refractivity contribution is 7.09. The third-order valence-electron chi connectivity index (χ3n) is 4.18. The SMILES string of the molecule is OC(c1ccccc1)C1CCN(Cc2cccs2)CC1.